The van der Waals surface area contributed by atoms with E-state index in [0.717, 1.165) is 0 Å². The molecular weight excluding hydrogens is 656 g/mol. The number of aliphatic hydroxyl groups is 8. The molecule has 0 aliphatic carbocycles. The number of aliphatic hydroxyl groups excluding tert-OH is 8. The Morgan fingerprint density at radius 3 is 1.84 bits per heavy atom. The van der Waals surface area contributed by atoms with Gasteiger partial charge in [-0.1, -0.05) is 0 Å². The van der Waals surface area contributed by atoms with E-state index in [1.807, 2.05) is 0 Å². The van der Waals surface area contributed by atoms with Gasteiger partial charge in [0.15, 0.2) is 35.1 Å². The Balaban J connectivity index is 1.38. The number of carbonyl (C=O) groups excluding carboxylic acids is 1. The molecular formula is C32H42O17. The average Bonchev–Trinajstić information content (AvgIpc) is 3.49. The molecule has 17 nitrogen and oxygen atoms in total. The third-order valence-corrected chi connectivity index (χ3v) is 8.90. The predicted molar refractivity (Wildman–Crippen MR) is 163 cm³/mol. The summed E-state index contributed by atoms with van der Waals surface area (Å²) < 4.78 is 45.4. The lowest BCUT2D eigenvalue weighted by atomic mass is 9.90. The Kier molecular flexibility index (Phi) is 11.5. The molecule has 2 aromatic carbocycles. The molecule has 0 aromatic heterocycles. The van der Waals surface area contributed by atoms with Crippen molar-refractivity contribution in [3.63, 3.8) is 0 Å². The number of ether oxygens (including phenoxy) is 8. The quantitative estimate of drug-likeness (QED) is 0.113. The van der Waals surface area contributed by atoms with Crippen molar-refractivity contribution in [2.45, 2.75) is 80.4 Å². The first-order valence-corrected chi connectivity index (χ1v) is 15.4. The lowest BCUT2D eigenvalue weighted by Crippen LogP contribution is -2.62. The SMILES string of the molecule is COc1cc([C@@H]2Oc3c(OC)cc(C(C)=O)cc3[C@H]2CO)cc(OC)c1O[C@@H]1O[C@H](CO[C@@H]2O[C@H](CO)[C@@H](O)[C@H](O)[C@H]2O)[C@@H](O)[C@H](O)[C@H]1O. The highest BCUT2D eigenvalue weighted by Crippen LogP contribution is 2.53. The van der Waals surface area contributed by atoms with E-state index in [-0.39, 0.29) is 29.6 Å². The lowest BCUT2D eigenvalue weighted by molar-refractivity contribution is -0.323. The number of fused-ring (bicyclic) bond motifs is 1. The molecule has 0 radical (unpaired) electrons. The average molecular weight is 699 g/mol. The first-order valence-electron chi connectivity index (χ1n) is 15.4. The molecule has 272 valence electrons. The van der Waals surface area contributed by atoms with Gasteiger partial charge in [-0.3, -0.25) is 4.79 Å². The van der Waals surface area contributed by atoms with Crippen molar-refractivity contribution in [2.24, 2.45) is 0 Å². The van der Waals surface area contributed by atoms with Gasteiger partial charge in [0.05, 0.1) is 47.1 Å². The van der Waals surface area contributed by atoms with Gasteiger partial charge in [0.25, 0.3) is 0 Å². The molecule has 3 aliphatic heterocycles. The van der Waals surface area contributed by atoms with Crippen LogP contribution in [-0.2, 0) is 14.2 Å². The summed E-state index contributed by atoms with van der Waals surface area (Å²) in [4.78, 5) is 12.2. The second kappa shape index (κ2) is 15.3. The van der Waals surface area contributed by atoms with Crippen LogP contribution in [-0.4, -0.2) is 149 Å². The zero-order valence-corrected chi connectivity index (χ0v) is 27.1. The fraction of sp³-hybridized carbons (Fsp3) is 0.594. The van der Waals surface area contributed by atoms with E-state index >= 15 is 0 Å². The van der Waals surface area contributed by atoms with Crippen molar-refractivity contribution in [3.05, 3.63) is 41.0 Å². The minimum absolute atomic E-state index is 0.0671. The fourth-order valence-electron chi connectivity index (χ4n) is 6.09. The number of carbonyl (C=O) groups is 1. The summed E-state index contributed by atoms with van der Waals surface area (Å²) in [5, 5.41) is 82.3. The van der Waals surface area contributed by atoms with Gasteiger partial charge in [0.2, 0.25) is 12.0 Å². The van der Waals surface area contributed by atoms with Crippen LogP contribution in [0, 0.1) is 0 Å². The van der Waals surface area contributed by atoms with Gasteiger partial charge in [0, 0.05) is 16.7 Å². The Hall–Kier alpha value is -3.33. The van der Waals surface area contributed by atoms with Gasteiger partial charge in [-0.25, -0.2) is 0 Å². The summed E-state index contributed by atoms with van der Waals surface area (Å²) >= 11 is 0. The maximum atomic E-state index is 12.2. The molecule has 2 aromatic rings. The number of methoxy groups -OCH3 is 3. The number of benzene rings is 2. The van der Waals surface area contributed by atoms with Crippen molar-refractivity contribution in [2.75, 3.05) is 41.2 Å². The van der Waals surface area contributed by atoms with Gasteiger partial charge in [-0.2, -0.15) is 0 Å². The van der Waals surface area contributed by atoms with Crippen LogP contribution in [0.4, 0.5) is 0 Å². The number of hydrogen-bond donors (Lipinski definition) is 8. The van der Waals surface area contributed by atoms with Crippen molar-refractivity contribution < 1.29 is 83.5 Å². The van der Waals surface area contributed by atoms with Crippen molar-refractivity contribution in [1.29, 1.82) is 0 Å². The highest BCUT2D eigenvalue weighted by Gasteiger charge is 2.48. The fourth-order valence-corrected chi connectivity index (χ4v) is 6.09. The smallest absolute Gasteiger partial charge is 0.229 e. The van der Waals surface area contributed by atoms with Crippen LogP contribution in [0.3, 0.4) is 0 Å². The molecule has 49 heavy (non-hydrogen) atoms. The normalized spacial score (nSPS) is 34.1. The molecule has 3 heterocycles. The van der Waals surface area contributed by atoms with Crippen LogP contribution in [0.15, 0.2) is 24.3 Å². The van der Waals surface area contributed by atoms with Crippen LogP contribution in [0.5, 0.6) is 28.7 Å². The first-order chi connectivity index (χ1) is 23.4. The molecule has 0 spiro atoms. The highest BCUT2D eigenvalue weighted by atomic mass is 16.7. The van der Waals surface area contributed by atoms with Gasteiger partial charge in [0.1, 0.15) is 54.9 Å². The zero-order valence-electron chi connectivity index (χ0n) is 27.1. The second-order valence-corrected chi connectivity index (χ2v) is 11.9. The Morgan fingerprint density at radius 2 is 1.29 bits per heavy atom. The molecule has 8 N–H and O–H groups in total. The van der Waals surface area contributed by atoms with E-state index in [9.17, 15) is 45.6 Å². The number of Topliss-reactive ketones (excluding diaryl/α,β-unsaturated/α-hetero) is 1. The lowest BCUT2D eigenvalue weighted by Gasteiger charge is -2.42. The van der Waals surface area contributed by atoms with E-state index < -0.39 is 86.6 Å². The van der Waals surface area contributed by atoms with Gasteiger partial charge in [-0.05, 0) is 31.2 Å². The largest absolute Gasteiger partial charge is 0.493 e. The van der Waals surface area contributed by atoms with Crippen molar-refractivity contribution in [1.82, 2.24) is 0 Å². The Bertz CT molecular complexity index is 1440. The maximum Gasteiger partial charge on any atom is 0.229 e. The van der Waals surface area contributed by atoms with E-state index in [1.54, 1.807) is 24.3 Å². The number of hydrogen-bond acceptors (Lipinski definition) is 17. The van der Waals surface area contributed by atoms with Crippen LogP contribution >= 0.6 is 0 Å². The standard InChI is InChI=1S/C32H42O17/c1-12(35)13-5-15-16(9-33)28(48-29(15)17(6-13)42-2)14-7-18(43-3)30(19(8-14)44-4)49-32-27(41)25(39)23(37)21(47-32)11-45-31-26(40)24(38)22(36)20(10-34)46-31/h5-8,16,20-28,31-34,36-41H,9-11H2,1-4H3/t16-,20-,21-,22-,23-,24+,25+,26-,27-,28+,31-,32+/m1/s1. The molecule has 0 unspecified atom stereocenters. The Morgan fingerprint density at radius 1 is 0.714 bits per heavy atom. The minimum Gasteiger partial charge on any atom is -0.493 e. The third kappa shape index (κ3) is 7.02. The minimum atomic E-state index is -1.80. The number of ketones is 1. The molecule has 0 bridgehead atoms. The summed E-state index contributed by atoms with van der Waals surface area (Å²) in [7, 11) is 4.12. The van der Waals surface area contributed by atoms with Crippen molar-refractivity contribution in [3.8, 4) is 28.7 Å². The number of rotatable bonds is 12. The predicted octanol–water partition coefficient (Wildman–Crippen LogP) is -1.87. The maximum absolute atomic E-state index is 12.2. The van der Waals surface area contributed by atoms with E-state index in [2.05, 4.69) is 0 Å². The van der Waals surface area contributed by atoms with Crippen LogP contribution in [0.1, 0.15) is 40.4 Å². The van der Waals surface area contributed by atoms with Crippen molar-refractivity contribution >= 4 is 5.78 Å². The highest BCUT2D eigenvalue weighted by molar-refractivity contribution is 5.95. The molecule has 12 atom stereocenters. The van der Waals surface area contributed by atoms with Gasteiger partial charge < -0.3 is 78.7 Å². The van der Waals surface area contributed by atoms with Crippen LogP contribution in [0.2, 0.25) is 0 Å². The molecule has 3 aliphatic rings. The molecule has 17 heteroatoms. The first kappa shape index (κ1) is 36.9. The summed E-state index contributed by atoms with van der Waals surface area (Å²) in [5.41, 5.74) is 1.43. The summed E-state index contributed by atoms with van der Waals surface area (Å²) in [6.07, 6.45) is -17.0. The third-order valence-electron chi connectivity index (χ3n) is 8.90. The summed E-state index contributed by atoms with van der Waals surface area (Å²) in [5.74, 6) is -0.0510. The summed E-state index contributed by atoms with van der Waals surface area (Å²) in [6.45, 7) is -0.178. The molecule has 5 rings (SSSR count). The van der Waals surface area contributed by atoms with E-state index in [4.69, 9.17) is 37.9 Å². The molecule has 2 fully saturated rings. The summed E-state index contributed by atoms with van der Waals surface area (Å²) in [6, 6.07) is 6.30. The van der Waals surface area contributed by atoms with Gasteiger partial charge >= 0.3 is 0 Å². The van der Waals surface area contributed by atoms with E-state index in [1.165, 1.54) is 28.3 Å². The zero-order chi connectivity index (χ0) is 35.7. The Labute approximate surface area is 280 Å². The second-order valence-electron chi connectivity index (χ2n) is 11.9. The van der Waals surface area contributed by atoms with E-state index in [0.29, 0.717) is 28.2 Å². The van der Waals surface area contributed by atoms with Crippen LogP contribution in [0.25, 0.3) is 0 Å². The topological polar surface area (TPSA) is 253 Å². The molecule has 0 saturated carbocycles. The van der Waals surface area contributed by atoms with Gasteiger partial charge in [-0.15, -0.1) is 0 Å². The molecule has 2 saturated heterocycles. The molecule has 0 amide bonds. The monoisotopic (exact) mass is 698 g/mol. The van der Waals surface area contributed by atoms with Crippen LogP contribution < -0.4 is 23.7 Å².